The number of hydrogen-bond donors (Lipinski definition) is 0. The van der Waals surface area contributed by atoms with Crippen LogP contribution in [0.4, 0.5) is 5.69 Å². The molecule has 118 valence electrons. The zero-order chi connectivity index (χ0) is 16.0. The minimum Gasteiger partial charge on any atom is -0.266 e. The highest BCUT2D eigenvalue weighted by Gasteiger charge is 2.22. The highest BCUT2D eigenvalue weighted by molar-refractivity contribution is 7.92. The Bertz CT molecular complexity index is 682. The fourth-order valence-electron chi connectivity index (χ4n) is 2.16. The van der Waals surface area contributed by atoms with Crippen molar-refractivity contribution in [3.05, 3.63) is 59.9 Å². The van der Waals surface area contributed by atoms with Gasteiger partial charge < -0.3 is 0 Å². The average molecular weight is 318 g/mol. The molecule has 0 unspecified atom stereocenters. The SMILES string of the molecule is CCCCS(=O)(=O)N(Cc1cccnc1)c1ccc(C)cc1. The first-order valence-electron chi connectivity index (χ1n) is 7.49. The van der Waals surface area contributed by atoms with Crippen LogP contribution in [0.1, 0.15) is 30.9 Å². The van der Waals surface area contributed by atoms with Crippen LogP contribution < -0.4 is 4.31 Å². The molecule has 4 nitrogen and oxygen atoms in total. The summed E-state index contributed by atoms with van der Waals surface area (Å²) in [4.78, 5) is 4.07. The normalized spacial score (nSPS) is 11.4. The van der Waals surface area contributed by atoms with Gasteiger partial charge in [0, 0.05) is 12.4 Å². The second-order valence-electron chi connectivity index (χ2n) is 5.37. The number of unbranched alkanes of at least 4 members (excludes halogenated alkanes) is 1. The third kappa shape index (κ3) is 4.31. The van der Waals surface area contributed by atoms with E-state index in [2.05, 4.69) is 4.98 Å². The van der Waals surface area contributed by atoms with Gasteiger partial charge in [-0.25, -0.2) is 8.42 Å². The summed E-state index contributed by atoms with van der Waals surface area (Å²) in [5.41, 5.74) is 2.68. The van der Waals surface area contributed by atoms with Crippen molar-refractivity contribution >= 4 is 15.7 Å². The van der Waals surface area contributed by atoms with Crippen molar-refractivity contribution in [1.29, 1.82) is 0 Å². The third-order valence-corrected chi connectivity index (χ3v) is 5.28. The lowest BCUT2D eigenvalue weighted by molar-refractivity contribution is 0.587. The summed E-state index contributed by atoms with van der Waals surface area (Å²) in [5.74, 6) is 0.164. The third-order valence-electron chi connectivity index (χ3n) is 3.46. The average Bonchev–Trinajstić information content (AvgIpc) is 2.53. The van der Waals surface area contributed by atoms with Gasteiger partial charge in [-0.2, -0.15) is 0 Å². The molecular formula is C17H22N2O2S. The molecule has 0 spiro atoms. The Balaban J connectivity index is 2.34. The Hall–Kier alpha value is -1.88. The molecule has 5 heteroatoms. The maximum atomic E-state index is 12.7. The second kappa shape index (κ2) is 7.40. The number of hydrogen-bond acceptors (Lipinski definition) is 3. The van der Waals surface area contributed by atoms with Crippen molar-refractivity contribution in [2.45, 2.75) is 33.2 Å². The van der Waals surface area contributed by atoms with E-state index in [1.165, 1.54) is 4.31 Å². The Kier molecular flexibility index (Phi) is 5.55. The smallest absolute Gasteiger partial charge is 0.235 e. The van der Waals surface area contributed by atoms with Crippen molar-refractivity contribution in [1.82, 2.24) is 4.98 Å². The molecule has 0 saturated heterocycles. The molecule has 0 atom stereocenters. The summed E-state index contributed by atoms with van der Waals surface area (Å²) in [5, 5.41) is 0. The van der Waals surface area contributed by atoms with Crippen LogP contribution in [-0.2, 0) is 16.6 Å². The second-order valence-corrected chi connectivity index (χ2v) is 7.39. The number of anilines is 1. The highest BCUT2D eigenvalue weighted by Crippen LogP contribution is 2.22. The predicted molar refractivity (Wildman–Crippen MR) is 90.3 cm³/mol. The molecule has 0 fully saturated rings. The molecule has 1 aromatic heterocycles. The van der Waals surface area contributed by atoms with Crippen LogP contribution in [0.5, 0.6) is 0 Å². The molecule has 0 N–H and O–H groups in total. The highest BCUT2D eigenvalue weighted by atomic mass is 32.2. The van der Waals surface area contributed by atoms with Gasteiger partial charge in [-0.05, 0) is 37.1 Å². The van der Waals surface area contributed by atoms with Gasteiger partial charge in [-0.3, -0.25) is 9.29 Å². The number of aryl methyl sites for hydroxylation is 1. The number of nitrogens with zero attached hydrogens (tertiary/aromatic N) is 2. The standard InChI is InChI=1S/C17H22N2O2S/c1-3-4-12-22(20,21)19(14-16-6-5-11-18-13-16)17-9-7-15(2)8-10-17/h5-11,13H,3-4,12,14H2,1-2H3. The lowest BCUT2D eigenvalue weighted by Crippen LogP contribution is -2.32. The zero-order valence-corrected chi connectivity index (χ0v) is 13.9. The Morgan fingerprint density at radius 2 is 1.86 bits per heavy atom. The Morgan fingerprint density at radius 3 is 2.45 bits per heavy atom. The number of rotatable bonds is 7. The maximum absolute atomic E-state index is 12.7. The maximum Gasteiger partial charge on any atom is 0.235 e. The fourth-order valence-corrected chi connectivity index (χ4v) is 3.82. The molecule has 22 heavy (non-hydrogen) atoms. The molecule has 1 aromatic carbocycles. The monoisotopic (exact) mass is 318 g/mol. The van der Waals surface area contributed by atoms with Crippen LogP contribution >= 0.6 is 0 Å². The molecule has 0 bridgehead atoms. The summed E-state index contributed by atoms with van der Waals surface area (Å²) in [6, 6.07) is 11.3. The minimum atomic E-state index is -3.34. The Morgan fingerprint density at radius 1 is 1.14 bits per heavy atom. The summed E-state index contributed by atoms with van der Waals surface area (Å²) >= 11 is 0. The summed E-state index contributed by atoms with van der Waals surface area (Å²) in [6.07, 6.45) is 4.91. The van der Waals surface area contributed by atoms with Gasteiger partial charge in [0.15, 0.2) is 0 Å². The van der Waals surface area contributed by atoms with Crippen molar-refractivity contribution < 1.29 is 8.42 Å². The van der Waals surface area contributed by atoms with Crippen LogP contribution in [0.2, 0.25) is 0 Å². The van der Waals surface area contributed by atoms with E-state index in [4.69, 9.17) is 0 Å². The quantitative estimate of drug-likeness (QED) is 0.785. The summed E-state index contributed by atoms with van der Waals surface area (Å²) in [7, 11) is -3.34. The fraction of sp³-hybridized carbons (Fsp3) is 0.353. The zero-order valence-electron chi connectivity index (χ0n) is 13.1. The topological polar surface area (TPSA) is 50.3 Å². The first-order chi connectivity index (χ1) is 10.5. The van der Waals surface area contributed by atoms with E-state index in [-0.39, 0.29) is 5.75 Å². The molecule has 0 saturated carbocycles. The van der Waals surface area contributed by atoms with Gasteiger partial charge >= 0.3 is 0 Å². The van der Waals surface area contributed by atoms with Crippen LogP contribution in [0, 0.1) is 6.92 Å². The van der Waals surface area contributed by atoms with E-state index in [9.17, 15) is 8.42 Å². The van der Waals surface area contributed by atoms with E-state index in [0.717, 1.165) is 17.5 Å². The van der Waals surface area contributed by atoms with E-state index < -0.39 is 10.0 Å². The minimum absolute atomic E-state index is 0.164. The van der Waals surface area contributed by atoms with Gasteiger partial charge in [0.1, 0.15) is 0 Å². The largest absolute Gasteiger partial charge is 0.266 e. The summed E-state index contributed by atoms with van der Waals surface area (Å²) in [6.45, 7) is 4.29. The van der Waals surface area contributed by atoms with Crippen molar-refractivity contribution in [2.75, 3.05) is 10.1 Å². The first kappa shape index (κ1) is 16.5. The summed E-state index contributed by atoms with van der Waals surface area (Å²) < 4.78 is 26.9. The van der Waals surface area contributed by atoms with Gasteiger partial charge in [0.2, 0.25) is 10.0 Å². The Labute approximate surface area is 132 Å². The number of pyridine rings is 1. The number of sulfonamides is 1. The van der Waals surface area contributed by atoms with Crippen LogP contribution in [-0.4, -0.2) is 19.2 Å². The molecule has 0 radical (unpaired) electrons. The molecule has 0 aliphatic heterocycles. The molecule has 2 aromatic rings. The van der Waals surface area contributed by atoms with Crippen molar-refractivity contribution in [2.24, 2.45) is 0 Å². The lowest BCUT2D eigenvalue weighted by atomic mass is 10.2. The van der Waals surface area contributed by atoms with Gasteiger partial charge in [-0.15, -0.1) is 0 Å². The van der Waals surface area contributed by atoms with Gasteiger partial charge in [0.05, 0.1) is 18.0 Å². The lowest BCUT2D eigenvalue weighted by Gasteiger charge is -2.24. The van der Waals surface area contributed by atoms with Gasteiger partial charge in [0.25, 0.3) is 0 Å². The van der Waals surface area contributed by atoms with E-state index >= 15 is 0 Å². The molecule has 0 aliphatic rings. The first-order valence-corrected chi connectivity index (χ1v) is 9.10. The molecule has 0 amide bonds. The van der Waals surface area contributed by atoms with Crippen LogP contribution in [0.3, 0.4) is 0 Å². The van der Waals surface area contributed by atoms with Crippen molar-refractivity contribution in [3.63, 3.8) is 0 Å². The molecule has 1 heterocycles. The molecule has 0 aliphatic carbocycles. The van der Waals surface area contributed by atoms with Crippen LogP contribution in [0.25, 0.3) is 0 Å². The van der Waals surface area contributed by atoms with Crippen LogP contribution in [0.15, 0.2) is 48.8 Å². The van der Waals surface area contributed by atoms with E-state index in [1.807, 2.05) is 50.2 Å². The van der Waals surface area contributed by atoms with E-state index in [1.54, 1.807) is 12.4 Å². The molecular weight excluding hydrogens is 296 g/mol. The van der Waals surface area contributed by atoms with Crippen molar-refractivity contribution in [3.8, 4) is 0 Å². The van der Waals surface area contributed by atoms with Gasteiger partial charge in [-0.1, -0.05) is 37.1 Å². The predicted octanol–water partition coefficient (Wildman–Crippen LogP) is 3.53. The van der Waals surface area contributed by atoms with E-state index in [0.29, 0.717) is 18.7 Å². The number of aromatic nitrogens is 1. The number of benzene rings is 1. The molecule has 2 rings (SSSR count).